The molecule has 27 heavy (non-hydrogen) atoms. The van der Waals surface area contributed by atoms with E-state index in [1.165, 1.54) is 17.3 Å². The van der Waals surface area contributed by atoms with Crippen molar-refractivity contribution in [2.24, 2.45) is 0 Å². The maximum absolute atomic E-state index is 12.8. The monoisotopic (exact) mass is 363 g/mol. The Morgan fingerprint density at radius 1 is 1.00 bits per heavy atom. The van der Waals surface area contributed by atoms with E-state index in [9.17, 15) is 9.59 Å². The molecule has 1 atom stereocenters. The van der Waals surface area contributed by atoms with Crippen molar-refractivity contribution in [1.29, 1.82) is 0 Å². The number of hydrogen-bond donors (Lipinski definition) is 2. The number of para-hydroxylation sites is 2. The smallest absolute Gasteiger partial charge is 0.257 e. The molecule has 3 rings (SSSR count). The molecule has 1 heterocycles. The largest absolute Gasteiger partial charge is 0.323 e. The third-order valence-electron chi connectivity index (χ3n) is 4.36. The van der Waals surface area contributed by atoms with Crippen molar-refractivity contribution in [3.8, 4) is 0 Å². The summed E-state index contributed by atoms with van der Waals surface area (Å²) in [7, 11) is 0. The molecule has 2 aromatic carbocycles. The molecule has 0 aliphatic rings. The van der Waals surface area contributed by atoms with Gasteiger partial charge in [0.15, 0.2) is 0 Å². The number of hydrogen-bond acceptors (Lipinski definition) is 4. The molecule has 0 saturated heterocycles. The molecule has 0 spiro atoms. The van der Waals surface area contributed by atoms with Crippen LogP contribution >= 0.6 is 0 Å². The van der Waals surface area contributed by atoms with E-state index >= 15 is 0 Å². The van der Waals surface area contributed by atoms with Crippen LogP contribution in [0, 0.1) is 13.8 Å². The zero-order valence-corrected chi connectivity index (χ0v) is 15.4. The minimum atomic E-state index is -0.553. The highest BCUT2D eigenvalue weighted by Crippen LogP contribution is 2.23. The Kier molecular flexibility index (Phi) is 5.30. The van der Waals surface area contributed by atoms with Crippen molar-refractivity contribution in [1.82, 2.24) is 14.8 Å². The molecule has 0 aliphatic heterocycles. The van der Waals surface area contributed by atoms with Crippen molar-refractivity contribution in [2.45, 2.75) is 26.8 Å². The van der Waals surface area contributed by atoms with Crippen molar-refractivity contribution in [2.75, 3.05) is 10.6 Å². The summed E-state index contributed by atoms with van der Waals surface area (Å²) < 4.78 is 1.45. The van der Waals surface area contributed by atoms with Gasteiger partial charge in [0.2, 0.25) is 5.91 Å². The Hall–Kier alpha value is -3.48. The first kappa shape index (κ1) is 18.3. The van der Waals surface area contributed by atoms with Crippen LogP contribution < -0.4 is 10.6 Å². The minimum Gasteiger partial charge on any atom is -0.323 e. The number of benzene rings is 2. The predicted octanol–water partition coefficient (Wildman–Crippen LogP) is 3.35. The molecule has 0 aliphatic carbocycles. The standard InChI is InChI=1S/C20H21N5O2/c1-13-7-6-8-14(2)18(13)24-20(27)16-9-4-5-10-17(16)23-19(26)15(3)25-12-21-11-22-25/h4-12,15H,1-3H3,(H,23,26)(H,24,27). The number of rotatable bonds is 5. The van der Waals surface area contributed by atoms with Gasteiger partial charge in [-0.15, -0.1) is 0 Å². The summed E-state index contributed by atoms with van der Waals surface area (Å²) in [5.74, 6) is -0.565. The summed E-state index contributed by atoms with van der Waals surface area (Å²) in [5.41, 5.74) is 3.56. The summed E-state index contributed by atoms with van der Waals surface area (Å²) in [6.07, 6.45) is 2.85. The lowest BCUT2D eigenvalue weighted by Gasteiger charge is -2.16. The van der Waals surface area contributed by atoms with E-state index in [4.69, 9.17) is 0 Å². The molecule has 0 radical (unpaired) electrons. The average molecular weight is 363 g/mol. The second kappa shape index (κ2) is 7.82. The van der Waals surface area contributed by atoms with Gasteiger partial charge in [0.1, 0.15) is 18.7 Å². The maximum Gasteiger partial charge on any atom is 0.257 e. The number of anilines is 2. The van der Waals surface area contributed by atoms with Crippen LogP contribution in [-0.4, -0.2) is 26.6 Å². The van der Waals surface area contributed by atoms with Crippen LogP contribution in [0.4, 0.5) is 11.4 Å². The molecule has 0 saturated carbocycles. The molecular weight excluding hydrogens is 342 g/mol. The van der Waals surface area contributed by atoms with E-state index in [2.05, 4.69) is 20.7 Å². The molecule has 2 N–H and O–H groups in total. The first-order valence-corrected chi connectivity index (χ1v) is 8.59. The predicted molar refractivity (Wildman–Crippen MR) is 104 cm³/mol. The van der Waals surface area contributed by atoms with E-state index in [-0.39, 0.29) is 11.8 Å². The summed E-state index contributed by atoms with van der Waals surface area (Å²) in [6.45, 7) is 5.59. The van der Waals surface area contributed by atoms with Gasteiger partial charge >= 0.3 is 0 Å². The highest BCUT2D eigenvalue weighted by molar-refractivity contribution is 6.10. The summed E-state index contributed by atoms with van der Waals surface area (Å²) in [4.78, 5) is 29.2. The second-order valence-electron chi connectivity index (χ2n) is 6.31. The molecular formula is C20H21N5O2. The topological polar surface area (TPSA) is 88.9 Å². The number of nitrogens with one attached hydrogen (secondary N) is 2. The van der Waals surface area contributed by atoms with Crippen LogP contribution in [0.3, 0.4) is 0 Å². The van der Waals surface area contributed by atoms with Gasteiger partial charge < -0.3 is 10.6 Å². The van der Waals surface area contributed by atoms with Gasteiger partial charge in [0.05, 0.1) is 11.3 Å². The van der Waals surface area contributed by atoms with Crippen LogP contribution in [0.2, 0.25) is 0 Å². The van der Waals surface area contributed by atoms with Gasteiger partial charge in [-0.2, -0.15) is 5.10 Å². The average Bonchev–Trinajstić information content (AvgIpc) is 3.19. The second-order valence-corrected chi connectivity index (χ2v) is 6.31. The zero-order valence-electron chi connectivity index (χ0n) is 15.4. The van der Waals surface area contributed by atoms with Gasteiger partial charge in [-0.25, -0.2) is 9.67 Å². The molecule has 2 amide bonds. The van der Waals surface area contributed by atoms with Crippen LogP contribution in [0.5, 0.6) is 0 Å². The summed E-state index contributed by atoms with van der Waals surface area (Å²) in [6, 6.07) is 12.2. The first-order valence-electron chi connectivity index (χ1n) is 8.59. The zero-order chi connectivity index (χ0) is 19.4. The fourth-order valence-electron chi connectivity index (χ4n) is 2.76. The minimum absolute atomic E-state index is 0.281. The van der Waals surface area contributed by atoms with Crippen molar-refractivity contribution < 1.29 is 9.59 Å². The highest BCUT2D eigenvalue weighted by atomic mass is 16.2. The fraction of sp³-hybridized carbons (Fsp3) is 0.200. The molecule has 7 nitrogen and oxygen atoms in total. The number of carbonyl (C=O) groups is 2. The number of amides is 2. The van der Waals surface area contributed by atoms with Crippen LogP contribution in [0.15, 0.2) is 55.1 Å². The van der Waals surface area contributed by atoms with Gasteiger partial charge in [0.25, 0.3) is 5.91 Å². The van der Waals surface area contributed by atoms with Crippen LogP contribution in [0.1, 0.15) is 34.5 Å². The Balaban J connectivity index is 1.81. The van der Waals surface area contributed by atoms with Crippen molar-refractivity contribution in [3.63, 3.8) is 0 Å². The Morgan fingerprint density at radius 2 is 1.70 bits per heavy atom. The van der Waals surface area contributed by atoms with Crippen molar-refractivity contribution >= 4 is 23.2 Å². The summed E-state index contributed by atoms with van der Waals surface area (Å²) >= 11 is 0. The number of carbonyl (C=O) groups excluding carboxylic acids is 2. The lowest BCUT2D eigenvalue weighted by atomic mass is 10.1. The Labute approximate surface area is 157 Å². The molecule has 7 heteroatoms. The summed E-state index contributed by atoms with van der Waals surface area (Å²) in [5, 5.41) is 9.73. The number of nitrogens with zero attached hydrogens (tertiary/aromatic N) is 3. The van der Waals surface area contributed by atoms with E-state index < -0.39 is 6.04 Å². The van der Waals surface area contributed by atoms with Gasteiger partial charge in [-0.1, -0.05) is 30.3 Å². The van der Waals surface area contributed by atoms with E-state index in [0.29, 0.717) is 11.3 Å². The first-order chi connectivity index (χ1) is 13.0. The molecule has 1 aromatic heterocycles. The number of aryl methyl sites for hydroxylation is 2. The third kappa shape index (κ3) is 4.03. The van der Waals surface area contributed by atoms with E-state index in [0.717, 1.165) is 16.8 Å². The normalized spacial score (nSPS) is 11.7. The highest BCUT2D eigenvalue weighted by Gasteiger charge is 2.19. The molecule has 0 fully saturated rings. The lowest BCUT2D eigenvalue weighted by molar-refractivity contribution is -0.119. The van der Waals surface area contributed by atoms with Gasteiger partial charge in [0, 0.05) is 5.69 Å². The SMILES string of the molecule is Cc1cccc(C)c1NC(=O)c1ccccc1NC(=O)C(C)n1cncn1. The van der Waals surface area contributed by atoms with Gasteiger partial charge in [-0.05, 0) is 44.0 Å². The number of aromatic nitrogens is 3. The quantitative estimate of drug-likeness (QED) is 0.727. The third-order valence-corrected chi connectivity index (χ3v) is 4.36. The molecule has 1 unspecified atom stereocenters. The van der Waals surface area contributed by atoms with Crippen molar-refractivity contribution in [3.05, 3.63) is 71.8 Å². The van der Waals surface area contributed by atoms with Gasteiger partial charge in [-0.3, -0.25) is 9.59 Å². The Bertz CT molecular complexity index is 946. The lowest BCUT2D eigenvalue weighted by Crippen LogP contribution is -2.25. The van der Waals surface area contributed by atoms with E-state index in [1.807, 2.05) is 32.0 Å². The molecule has 3 aromatic rings. The fourth-order valence-corrected chi connectivity index (χ4v) is 2.76. The Morgan fingerprint density at radius 3 is 2.37 bits per heavy atom. The molecule has 138 valence electrons. The molecule has 0 bridgehead atoms. The maximum atomic E-state index is 12.8. The van der Waals surface area contributed by atoms with Crippen LogP contribution in [0.25, 0.3) is 0 Å². The van der Waals surface area contributed by atoms with E-state index in [1.54, 1.807) is 31.2 Å². The van der Waals surface area contributed by atoms with Crippen LogP contribution in [-0.2, 0) is 4.79 Å².